The molecule has 3 rings (SSSR count). The van der Waals surface area contributed by atoms with E-state index in [1.54, 1.807) is 36.4 Å². The van der Waals surface area contributed by atoms with E-state index in [2.05, 4.69) is 0 Å². The summed E-state index contributed by atoms with van der Waals surface area (Å²) in [5.74, 6) is -1.59. The van der Waals surface area contributed by atoms with Crippen LogP contribution in [0.25, 0.3) is 0 Å². The molecular weight excluding hydrogens is 568 g/mol. The molecule has 0 aliphatic rings. The van der Waals surface area contributed by atoms with E-state index in [4.69, 9.17) is 5.63 Å². The van der Waals surface area contributed by atoms with Gasteiger partial charge in [-0.3, -0.25) is 0 Å². The van der Waals surface area contributed by atoms with Gasteiger partial charge in [-0.05, 0) is 0 Å². The molecular formula is C23H22BiFO4. The summed E-state index contributed by atoms with van der Waals surface area (Å²) in [6.07, 6.45) is 0. The topological polar surface area (TPSA) is 52.6 Å². The van der Waals surface area contributed by atoms with Gasteiger partial charge in [0.1, 0.15) is 0 Å². The number of halogens is 1. The Hall–Kier alpha value is -2.59. The Morgan fingerprint density at radius 3 is 1.55 bits per heavy atom. The van der Waals surface area contributed by atoms with Crippen molar-refractivity contribution in [3.05, 3.63) is 90.2 Å². The maximum atomic E-state index is 13.8. The average molecular weight is 590 g/mol. The molecule has 0 N–H and O–H groups in total. The average Bonchev–Trinajstić information content (AvgIpc) is 2.68. The molecule has 6 heteroatoms. The van der Waals surface area contributed by atoms with Crippen LogP contribution < -0.4 is 9.81 Å². The van der Waals surface area contributed by atoms with Gasteiger partial charge in [0.25, 0.3) is 0 Å². The van der Waals surface area contributed by atoms with E-state index in [-0.39, 0.29) is 0 Å². The van der Waals surface area contributed by atoms with E-state index < -0.39 is 37.4 Å². The number of carbonyl (C=O) groups excluding carboxylic acids is 2. The molecule has 0 saturated heterocycles. The molecule has 0 bridgehead atoms. The fourth-order valence-electron chi connectivity index (χ4n) is 3.50. The second-order valence-corrected chi connectivity index (χ2v) is 21.7. The third-order valence-electron chi connectivity index (χ3n) is 4.63. The van der Waals surface area contributed by atoms with E-state index in [9.17, 15) is 14.0 Å². The Morgan fingerprint density at radius 2 is 1.10 bits per heavy atom. The van der Waals surface area contributed by atoms with E-state index in [1.807, 2.05) is 37.3 Å². The van der Waals surface area contributed by atoms with Gasteiger partial charge in [-0.15, -0.1) is 0 Å². The second kappa shape index (κ2) is 8.04. The van der Waals surface area contributed by atoms with Crippen molar-refractivity contribution in [1.29, 1.82) is 0 Å². The third-order valence-corrected chi connectivity index (χ3v) is 23.8. The van der Waals surface area contributed by atoms with Crippen molar-refractivity contribution >= 4 is 41.4 Å². The molecule has 29 heavy (non-hydrogen) atoms. The Labute approximate surface area is 171 Å². The van der Waals surface area contributed by atoms with E-state index >= 15 is 0 Å². The molecule has 0 radical (unpaired) electrons. The molecule has 0 fully saturated rings. The SMILES string of the molecule is CC(=O)[O][Bi]([O]C(C)=O)([c]1ccccc1)([c]1ccc(C)cc1)[c]1ccc(F)cc1. The summed E-state index contributed by atoms with van der Waals surface area (Å²) < 4.78 is 27.9. The molecule has 0 unspecified atom stereocenters. The van der Waals surface area contributed by atoms with Gasteiger partial charge in [-0.2, -0.15) is 0 Å². The Balaban J connectivity index is 2.56. The van der Waals surface area contributed by atoms with Crippen molar-refractivity contribution in [3.63, 3.8) is 0 Å². The second-order valence-electron chi connectivity index (χ2n) is 6.77. The zero-order chi connectivity index (χ0) is 21.1. The zero-order valence-electron chi connectivity index (χ0n) is 16.5. The quantitative estimate of drug-likeness (QED) is 0.430. The Morgan fingerprint density at radius 1 is 0.690 bits per heavy atom. The van der Waals surface area contributed by atoms with E-state index in [0.717, 1.165) is 5.56 Å². The summed E-state index contributed by atoms with van der Waals surface area (Å²) in [6.45, 7) is 4.52. The van der Waals surface area contributed by atoms with Crippen molar-refractivity contribution < 1.29 is 19.6 Å². The molecule has 0 atom stereocenters. The molecule has 0 heterocycles. The molecule has 3 aromatic carbocycles. The van der Waals surface area contributed by atoms with Crippen LogP contribution in [-0.2, 0) is 15.2 Å². The van der Waals surface area contributed by atoms with Crippen molar-refractivity contribution in [1.82, 2.24) is 0 Å². The fourth-order valence-corrected chi connectivity index (χ4v) is 21.5. The first-order chi connectivity index (χ1) is 13.8. The van der Waals surface area contributed by atoms with Crippen molar-refractivity contribution in [3.8, 4) is 0 Å². The monoisotopic (exact) mass is 590 g/mol. The number of hydrogen-bond acceptors (Lipinski definition) is 4. The molecule has 0 aromatic heterocycles. The van der Waals surface area contributed by atoms with Gasteiger partial charge in [-0.1, -0.05) is 0 Å². The number of benzene rings is 3. The molecule has 0 aliphatic heterocycles. The minimum atomic E-state index is -5.84. The number of rotatable bonds is 5. The van der Waals surface area contributed by atoms with Gasteiger partial charge in [0.15, 0.2) is 0 Å². The molecule has 3 aromatic rings. The van der Waals surface area contributed by atoms with Gasteiger partial charge >= 0.3 is 172 Å². The minimum absolute atomic E-state index is 0.438. The van der Waals surface area contributed by atoms with E-state index in [1.165, 1.54) is 26.0 Å². The molecule has 150 valence electrons. The third kappa shape index (κ3) is 3.69. The number of aryl methyl sites for hydroxylation is 1. The van der Waals surface area contributed by atoms with Crippen molar-refractivity contribution in [2.75, 3.05) is 0 Å². The predicted molar refractivity (Wildman–Crippen MR) is 112 cm³/mol. The molecule has 4 nitrogen and oxygen atoms in total. The molecule has 0 spiro atoms. The maximum absolute atomic E-state index is 13.8. The van der Waals surface area contributed by atoms with Crippen LogP contribution in [0.3, 0.4) is 0 Å². The van der Waals surface area contributed by atoms with Crippen molar-refractivity contribution in [2.45, 2.75) is 20.8 Å². The first-order valence-electron chi connectivity index (χ1n) is 9.09. The first-order valence-corrected chi connectivity index (χ1v) is 17.1. The number of carbonyl (C=O) groups is 2. The molecule has 0 amide bonds. The summed E-state index contributed by atoms with van der Waals surface area (Å²) >= 11 is -5.84. The van der Waals surface area contributed by atoms with E-state index in [0.29, 0.717) is 9.81 Å². The summed E-state index contributed by atoms with van der Waals surface area (Å²) in [4.78, 5) is 24.9. The predicted octanol–water partition coefficient (Wildman–Crippen LogP) is 2.68. The normalized spacial score (nSPS) is 12.5. The summed E-state index contributed by atoms with van der Waals surface area (Å²) in [6, 6.07) is 22.1. The number of hydrogen-bond donors (Lipinski definition) is 0. The van der Waals surface area contributed by atoms with Crippen LogP contribution in [0.2, 0.25) is 0 Å². The zero-order valence-corrected chi connectivity index (χ0v) is 19.9. The van der Waals surface area contributed by atoms with Crippen LogP contribution in [-0.4, -0.2) is 31.6 Å². The van der Waals surface area contributed by atoms with Crippen LogP contribution in [0.5, 0.6) is 0 Å². The standard InChI is InChI=1S/C7H7.C6H4F.C6H5.2C2H4O2.Bi/c1-7-5-3-2-4-6-7;7-6-4-2-1-3-5-6;1-2-4-6-5-3-1;2*1-2(3)4;/h3-6H,1H3;2-5H;1-5H;2*1H3,(H,3,4);/q;;;;;+2/p-2. The van der Waals surface area contributed by atoms with Gasteiger partial charge in [-0.25, -0.2) is 0 Å². The summed E-state index contributed by atoms with van der Waals surface area (Å²) in [7, 11) is 0. The Kier molecular flexibility index (Phi) is 5.86. The van der Waals surface area contributed by atoms with Gasteiger partial charge in [0, 0.05) is 0 Å². The molecule has 0 saturated carbocycles. The van der Waals surface area contributed by atoms with Crippen LogP contribution in [0.15, 0.2) is 78.9 Å². The first kappa shape index (κ1) is 21.1. The summed E-state index contributed by atoms with van der Waals surface area (Å²) in [5, 5.41) is 0. The van der Waals surface area contributed by atoms with Crippen molar-refractivity contribution in [2.24, 2.45) is 0 Å². The van der Waals surface area contributed by atoms with Crippen LogP contribution >= 0.6 is 0 Å². The van der Waals surface area contributed by atoms with Crippen LogP contribution in [0.4, 0.5) is 4.39 Å². The Bertz CT molecular complexity index is 965. The van der Waals surface area contributed by atoms with Gasteiger partial charge in [0.2, 0.25) is 0 Å². The fraction of sp³-hybridized carbons (Fsp3) is 0.130. The molecule has 0 aliphatic carbocycles. The van der Waals surface area contributed by atoms with Gasteiger partial charge in [0.05, 0.1) is 0 Å². The summed E-state index contributed by atoms with van der Waals surface area (Å²) in [5.41, 5.74) is 1.00. The van der Waals surface area contributed by atoms with Gasteiger partial charge < -0.3 is 0 Å². The van der Waals surface area contributed by atoms with Crippen LogP contribution in [0.1, 0.15) is 19.4 Å². The van der Waals surface area contributed by atoms with Crippen LogP contribution in [0, 0.1) is 12.7 Å².